The number of aliphatic imine (C=N–C) groups is 1. The number of rotatable bonds is 8. The van der Waals surface area contributed by atoms with Gasteiger partial charge in [0.2, 0.25) is 0 Å². The van der Waals surface area contributed by atoms with Crippen LogP contribution in [0.2, 0.25) is 0 Å². The summed E-state index contributed by atoms with van der Waals surface area (Å²) in [5.74, 6) is 3.61. The molecule has 1 fully saturated rings. The lowest BCUT2D eigenvalue weighted by Crippen LogP contribution is -2.39. The Labute approximate surface area is 155 Å². The van der Waals surface area contributed by atoms with Gasteiger partial charge in [-0.1, -0.05) is 6.08 Å². The highest BCUT2D eigenvalue weighted by Crippen LogP contribution is 2.33. The molecule has 0 amide bonds. The molecule has 25 heavy (non-hydrogen) atoms. The second-order valence-electron chi connectivity index (χ2n) is 5.92. The summed E-state index contributed by atoms with van der Waals surface area (Å²) in [6.45, 7) is 5.45. The Morgan fingerprint density at radius 1 is 1.36 bits per heavy atom. The Bertz CT molecular complexity index is 599. The van der Waals surface area contributed by atoms with Crippen LogP contribution in [0.25, 0.3) is 0 Å². The van der Waals surface area contributed by atoms with Crippen molar-refractivity contribution in [2.45, 2.75) is 31.1 Å². The van der Waals surface area contributed by atoms with Gasteiger partial charge in [-0.05, 0) is 42.7 Å². The molecule has 1 unspecified atom stereocenters. The molecule has 0 saturated carbocycles. The SMILES string of the molecule is C=CCc1cc(CNC(=NC)NCC2CCCS2)cc(OC)c1OC. The molecule has 2 N–H and O–H groups in total. The first-order valence-electron chi connectivity index (χ1n) is 8.62. The molecule has 138 valence electrons. The van der Waals surface area contributed by atoms with Crippen LogP contribution in [-0.2, 0) is 13.0 Å². The molecule has 1 aliphatic rings. The minimum absolute atomic E-state index is 0.669. The number of hydrogen-bond acceptors (Lipinski definition) is 4. The highest BCUT2D eigenvalue weighted by Gasteiger charge is 2.16. The molecule has 0 radical (unpaired) electrons. The van der Waals surface area contributed by atoms with Gasteiger partial charge in [-0.25, -0.2) is 0 Å². The summed E-state index contributed by atoms with van der Waals surface area (Å²) in [5.41, 5.74) is 2.19. The van der Waals surface area contributed by atoms with E-state index >= 15 is 0 Å². The molecular formula is C19H29N3O2S. The van der Waals surface area contributed by atoms with Crippen molar-refractivity contribution < 1.29 is 9.47 Å². The first kappa shape index (κ1) is 19.5. The monoisotopic (exact) mass is 363 g/mol. The highest BCUT2D eigenvalue weighted by molar-refractivity contribution is 8.00. The van der Waals surface area contributed by atoms with Crippen molar-refractivity contribution >= 4 is 17.7 Å². The predicted octanol–water partition coefficient (Wildman–Crippen LogP) is 2.99. The summed E-state index contributed by atoms with van der Waals surface area (Å²) in [7, 11) is 5.12. The summed E-state index contributed by atoms with van der Waals surface area (Å²) in [6, 6.07) is 4.12. The van der Waals surface area contributed by atoms with E-state index < -0.39 is 0 Å². The highest BCUT2D eigenvalue weighted by atomic mass is 32.2. The fourth-order valence-electron chi connectivity index (χ4n) is 2.94. The number of ether oxygens (including phenoxy) is 2. The third kappa shape index (κ3) is 5.59. The van der Waals surface area contributed by atoms with Gasteiger partial charge in [0.25, 0.3) is 0 Å². The number of methoxy groups -OCH3 is 2. The largest absolute Gasteiger partial charge is 0.493 e. The fraction of sp³-hybridized carbons (Fsp3) is 0.526. The molecule has 1 aromatic rings. The number of hydrogen-bond donors (Lipinski definition) is 2. The van der Waals surface area contributed by atoms with Gasteiger partial charge in [0, 0.05) is 31.0 Å². The van der Waals surface area contributed by atoms with Crippen molar-refractivity contribution in [3.8, 4) is 11.5 Å². The number of nitrogens with one attached hydrogen (secondary N) is 2. The van der Waals surface area contributed by atoms with Gasteiger partial charge in [0.05, 0.1) is 14.2 Å². The van der Waals surface area contributed by atoms with E-state index in [4.69, 9.17) is 9.47 Å². The summed E-state index contributed by atoms with van der Waals surface area (Å²) >= 11 is 2.04. The maximum atomic E-state index is 5.49. The zero-order valence-corrected chi connectivity index (χ0v) is 16.2. The maximum absolute atomic E-state index is 5.49. The molecule has 6 heteroatoms. The van der Waals surface area contributed by atoms with Crippen LogP contribution in [0.5, 0.6) is 11.5 Å². The smallest absolute Gasteiger partial charge is 0.191 e. The van der Waals surface area contributed by atoms with Gasteiger partial charge < -0.3 is 20.1 Å². The van der Waals surface area contributed by atoms with Crippen LogP contribution >= 0.6 is 11.8 Å². The molecule has 1 atom stereocenters. The van der Waals surface area contributed by atoms with E-state index in [2.05, 4.69) is 28.3 Å². The van der Waals surface area contributed by atoms with Crippen molar-refractivity contribution in [3.05, 3.63) is 35.9 Å². The average Bonchev–Trinajstić information content (AvgIpc) is 3.15. The fourth-order valence-corrected chi connectivity index (χ4v) is 4.14. The minimum atomic E-state index is 0.669. The van der Waals surface area contributed by atoms with E-state index in [1.165, 1.54) is 18.6 Å². The van der Waals surface area contributed by atoms with Gasteiger partial charge in [-0.3, -0.25) is 4.99 Å². The number of thioether (sulfide) groups is 1. The van der Waals surface area contributed by atoms with Gasteiger partial charge in [-0.2, -0.15) is 11.8 Å². The zero-order chi connectivity index (χ0) is 18.1. The van der Waals surface area contributed by atoms with Crippen LogP contribution in [0.4, 0.5) is 0 Å². The van der Waals surface area contributed by atoms with Crippen LogP contribution in [0.15, 0.2) is 29.8 Å². The van der Waals surface area contributed by atoms with E-state index in [0.29, 0.717) is 11.8 Å². The van der Waals surface area contributed by atoms with Crippen molar-refractivity contribution in [2.75, 3.05) is 33.6 Å². The van der Waals surface area contributed by atoms with Crippen LogP contribution in [-0.4, -0.2) is 44.8 Å². The number of benzene rings is 1. The van der Waals surface area contributed by atoms with Crippen LogP contribution in [0.3, 0.4) is 0 Å². The first-order valence-corrected chi connectivity index (χ1v) is 9.67. The molecule has 0 spiro atoms. The van der Waals surface area contributed by atoms with Crippen molar-refractivity contribution in [1.82, 2.24) is 10.6 Å². The Kier molecular flexibility index (Phi) is 7.98. The van der Waals surface area contributed by atoms with Gasteiger partial charge in [0.1, 0.15) is 0 Å². The van der Waals surface area contributed by atoms with E-state index in [-0.39, 0.29) is 0 Å². The quantitative estimate of drug-likeness (QED) is 0.422. The lowest BCUT2D eigenvalue weighted by molar-refractivity contribution is 0.352. The lowest BCUT2D eigenvalue weighted by atomic mass is 10.1. The van der Waals surface area contributed by atoms with E-state index in [1.54, 1.807) is 21.3 Å². The van der Waals surface area contributed by atoms with Crippen molar-refractivity contribution in [1.29, 1.82) is 0 Å². The number of guanidine groups is 1. The van der Waals surface area contributed by atoms with Crippen LogP contribution in [0, 0.1) is 0 Å². The molecular weight excluding hydrogens is 334 g/mol. The molecule has 0 bridgehead atoms. The molecule has 1 aromatic carbocycles. The summed E-state index contributed by atoms with van der Waals surface area (Å²) in [5, 5.41) is 7.49. The Balaban J connectivity index is 2.00. The number of allylic oxidation sites excluding steroid dienone is 1. The topological polar surface area (TPSA) is 54.9 Å². The molecule has 5 nitrogen and oxygen atoms in total. The second-order valence-corrected chi connectivity index (χ2v) is 7.33. The summed E-state index contributed by atoms with van der Waals surface area (Å²) in [6.07, 6.45) is 5.21. The second kappa shape index (κ2) is 10.2. The normalized spacial score (nSPS) is 17.2. The van der Waals surface area contributed by atoms with Crippen molar-refractivity contribution in [2.24, 2.45) is 4.99 Å². The Morgan fingerprint density at radius 2 is 2.20 bits per heavy atom. The Hall–Kier alpha value is -1.82. The molecule has 1 aliphatic heterocycles. The van der Waals surface area contributed by atoms with Crippen molar-refractivity contribution in [3.63, 3.8) is 0 Å². The average molecular weight is 364 g/mol. The lowest BCUT2D eigenvalue weighted by Gasteiger charge is -2.17. The van der Waals surface area contributed by atoms with Gasteiger partial charge >= 0.3 is 0 Å². The van der Waals surface area contributed by atoms with Gasteiger partial charge in [-0.15, -0.1) is 6.58 Å². The standard InChI is InChI=1S/C19H29N3O2S/c1-5-7-15-10-14(11-17(23-3)18(15)24-4)12-21-19(20-2)22-13-16-8-6-9-25-16/h5,10-11,16H,1,6-9,12-13H2,2-4H3,(H2,20,21,22). The molecule has 1 heterocycles. The third-order valence-corrected chi connectivity index (χ3v) is 5.58. The zero-order valence-electron chi connectivity index (χ0n) is 15.4. The molecule has 2 rings (SSSR count). The minimum Gasteiger partial charge on any atom is -0.493 e. The first-order chi connectivity index (χ1) is 12.2. The van der Waals surface area contributed by atoms with Crippen LogP contribution in [0.1, 0.15) is 24.0 Å². The third-order valence-electron chi connectivity index (χ3n) is 4.18. The van der Waals surface area contributed by atoms with E-state index in [1.807, 2.05) is 23.9 Å². The summed E-state index contributed by atoms with van der Waals surface area (Å²) in [4.78, 5) is 4.31. The van der Waals surface area contributed by atoms with Crippen LogP contribution < -0.4 is 20.1 Å². The molecule has 1 saturated heterocycles. The molecule has 0 aromatic heterocycles. The predicted molar refractivity (Wildman–Crippen MR) is 107 cm³/mol. The maximum Gasteiger partial charge on any atom is 0.191 e. The summed E-state index contributed by atoms with van der Waals surface area (Å²) < 4.78 is 11.0. The van der Waals surface area contributed by atoms with E-state index in [9.17, 15) is 0 Å². The molecule has 0 aliphatic carbocycles. The van der Waals surface area contributed by atoms with E-state index in [0.717, 1.165) is 41.6 Å². The Morgan fingerprint density at radius 3 is 2.80 bits per heavy atom. The number of nitrogens with zero attached hydrogens (tertiary/aromatic N) is 1. The van der Waals surface area contributed by atoms with Gasteiger partial charge in [0.15, 0.2) is 17.5 Å².